The van der Waals surface area contributed by atoms with Gasteiger partial charge < -0.3 is 5.32 Å². The third-order valence-electron chi connectivity index (χ3n) is 3.22. The second-order valence-corrected chi connectivity index (χ2v) is 5.23. The number of nitrogens with one attached hydrogen (secondary N) is 1. The fourth-order valence-corrected chi connectivity index (χ4v) is 1.91. The van der Waals surface area contributed by atoms with Crippen molar-refractivity contribution in [2.75, 3.05) is 0 Å². The van der Waals surface area contributed by atoms with E-state index in [2.05, 4.69) is 36.3 Å². The van der Waals surface area contributed by atoms with Crippen LogP contribution >= 0.6 is 0 Å². The molecular formula is C18H20N2O. The molecule has 0 spiro atoms. The van der Waals surface area contributed by atoms with Gasteiger partial charge in [-0.25, -0.2) is 0 Å². The molecule has 0 aliphatic heterocycles. The summed E-state index contributed by atoms with van der Waals surface area (Å²) in [7, 11) is 0. The lowest BCUT2D eigenvalue weighted by Crippen LogP contribution is -2.20. The van der Waals surface area contributed by atoms with Gasteiger partial charge in [0.1, 0.15) is 0 Å². The molecule has 0 aliphatic carbocycles. The minimum absolute atomic E-state index is 0.105. The van der Waals surface area contributed by atoms with E-state index in [1.54, 1.807) is 18.5 Å². The lowest BCUT2D eigenvalue weighted by atomic mass is 10.0. The van der Waals surface area contributed by atoms with Gasteiger partial charge in [0.2, 0.25) is 5.91 Å². The molecule has 0 saturated heterocycles. The van der Waals surface area contributed by atoms with Crippen LogP contribution < -0.4 is 5.32 Å². The molecule has 0 unspecified atom stereocenters. The van der Waals surface area contributed by atoms with Crippen molar-refractivity contribution in [1.29, 1.82) is 0 Å². The van der Waals surface area contributed by atoms with Gasteiger partial charge in [0, 0.05) is 25.0 Å². The van der Waals surface area contributed by atoms with Crippen LogP contribution in [0.15, 0.2) is 54.9 Å². The summed E-state index contributed by atoms with van der Waals surface area (Å²) in [6.07, 6.45) is 6.84. The molecule has 0 aliphatic rings. The number of pyridine rings is 1. The minimum Gasteiger partial charge on any atom is -0.348 e. The molecule has 0 bridgehead atoms. The Morgan fingerprint density at radius 3 is 2.62 bits per heavy atom. The quantitative estimate of drug-likeness (QED) is 0.851. The largest absolute Gasteiger partial charge is 0.348 e. The smallest absolute Gasteiger partial charge is 0.244 e. The number of hydrogen-bond acceptors (Lipinski definition) is 2. The molecule has 3 heteroatoms. The number of aromatic nitrogens is 1. The first-order valence-corrected chi connectivity index (χ1v) is 7.10. The summed E-state index contributed by atoms with van der Waals surface area (Å²) < 4.78 is 0. The lowest BCUT2D eigenvalue weighted by molar-refractivity contribution is -0.116. The van der Waals surface area contributed by atoms with E-state index in [4.69, 9.17) is 0 Å². The van der Waals surface area contributed by atoms with Gasteiger partial charge in [0.25, 0.3) is 0 Å². The Bertz CT molecular complexity index is 601. The van der Waals surface area contributed by atoms with Gasteiger partial charge >= 0.3 is 0 Å². The molecule has 2 aromatic rings. The Kier molecular flexibility index (Phi) is 5.27. The molecule has 21 heavy (non-hydrogen) atoms. The zero-order valence-electron chi connectivity index (χ0n) is 12.4. The average Bonchev–Trinajstić information content (AvgIpc) is 2.52. The second kappa shape index (κ2) is 7.39. The molecule has 1 aromatic heterocycles. The summed E-state index contributed by atoms with van der Waals surface area (Å²) in [6, 6.07) is 12.0. The van der Waals surface area contributed by atoms with E-state index in [9.17, 15) is 4.79 Å². The van der Waals surface area contributed by atoms with Crippen molar-refractivity contribution >= 4 is 12.0 Å². The molecule has 2 rings (SSSR count). The molecule has 0 atom stereocenters. The van der Waals surface area contributed by atoms with Crippen LogP contribution in [0.5, 0.6) is 0 Å². The summed E-state index contributed by atoms with van der Waals surface area (Å²) in [5.74, 6) is 0.414. The summed E-state index contributed by atoms with van der Waals surface area (Å²) in [5, 5.41) is 2.83. The molecule has 1 N–H and O–H groups in total. The maximum absolute atomic E-state index is 11.7. The van der Waals surface area contributed by atoms with Crippen molar-refractivity contribution in [2.45, 2.75) is 26.3 Å². The van der Waals surface area contributed by atoms with Crippen LogP contribution in [0, 0.1) is 0 Å². The van der Waals surface area contributed by atoms with E-state index < -0.39 is 0 Å². The van der Waals surface area contributed by atoms with Crippen LogP contribution in [0.1, 0.15) is 36.5 Å². The van der Waals surface area contributed by atoms with Crippen LogP contribution in [0.3, 0.4) is 0 Å². The van der Waals surface area contributed by atoms with Gasteiger partial charge in [-0.05, 0) is 34.8 Å². The van der Waals surface area contributed by atoms with E-state index in [-0.39, 0.29) is 5.91 Å². The van der Waals surface area contributed by atoms with Gasteiger partial charge in [-0.2, -0.15) is 0 Å². The van der Waals surface area contributed by atoms with Crippen molar-refractivity contribution in [3.8, 4) is 0 Å². The van der Waals surface area contributed by atoms with Crippen LogP contribution in [0.4, 0.5) is 0 Å². The predicted molar refractivity (Wildman–Crippen MR) is 85.6 cm³/mol. The number of rotatable bonds is 5. The number of amides is 1. The zero-order valence-corrected chi connectivity index (χ0v) is 12.4. The molecule has 0 radical (unpaired) electrons. The first-order valence-electron chi connectivity index (χ1n) is 7.10. The molecule has 0 saturated carbocycles. The normalized spacial score (nSPS) is 11.0. The van der Waals surface area contributed by atoms with Crippen molar-refractivity contribution in [3.05, 3.63) is 71.6 Å². The highest BCUT2D eigenvalue weighted by Crippen LogP contribution is 2.15. The van der Waals surface area contributed by atoms with Gasteiger partial charge in [-0.1, -0.05) is 44.2 Å². The Morgan fingerprint density at radius 1 is 1.24 bits per heavy atom. The number of carbonyl (C=O) groups is 1. The molecular weight excluding hydrogens is 260 g/mol. The topological polar surface area (TPSA) is 42.0 Å². The number of nitrogens with zero attached hydrogens (tertiary/aromatic N) is 1. The van der Waals surface area contributed by atoms with Crippen molar-refractivity contribution in [2.24, 2.45) is 0 Å². The lowest BCUT2D eigenvalue weighted by Gasteiger charge is -2.04. The molecule has 1 amide bonds. The first kappa shape index (κ1) is 15.0. The van der Waals surface area contributed by atoms with Crippen LogP contribution in [0.25, 0.3) is 6.08 Å². The standard InChI is InChI=1S/C18H20N2O/c1-14(2)17-8-5-15(6-9-17)7-10-18(21)20-13-16-4-3-11-19-12-16/h3-12,14H,13H2,1-2H3,(H,20,21)/b10-7+. The fourth-order valence-electron chi connectivity index (χ4n) is 1.91. The fraction of sp³-hybridized carbons (Fsp3) is 0.222. The monoisotopic (exact) mass is 280 g/mol. The van der Waals surface area contributed by atoms with E-state index in [0.717, 1.165) is 11.1 Å². The molecule has 108 valence electrons. The van der Waals surface area contributed by atoms with Crippen molar-refractivity contribution in [3.63, 3.8) is 0 Å². The number of carbonyl (C=O) groups excluding carboxylic acids is 1. The van der Waals surface area contributed by atoms with E-state index >= 15 is 0 Å². The molecule has 1 heterocycles. The van der Waals surface area contributed by atoms with Crippen LogP contribution in [-0.2, 0) is 11.3 Å². The second-order valence-electron chi connectivity index (χ2n) is 5.23. The Balaban J connectivity index is 1.87. The summed E-state index contributed by atoms with van der Waals surface area (Å²) in [5.41, 5.74) is 3.31. The number of hydrogen-bond donors (Lipinski definition) is 1. The highest BCUT2D eigenvalue weighted by Gasteiger charge is 1.99. The minimum atomic E-state index is -0.105. The highest BCUT2D eigenvalue weighted by molar-refractivity contribution is 5.91. The molecule has 0 fully saturated rings. The third-order valence-corrected chi connectivity index (χ3v) is 3.22. The Labute approximate surface area is 125 Å². The average molecular weight is 280 g/mol. The van der Waals surface area contributed by atoms with Gasteiger partial charge in [0.05, 0.1) is 0 Å². The molecule has 1 aromatic carbocycles. The summed E-state index contributed by atoms with van der Waals surface area (Å²) in [4.78, 5) is 15.8. The maximum Gasteiger partial charge on any atom is 0.244 e. The van der Waals surface area contributed by atoms with E-state index in [1.807, 2.05) is 30.3 Å². The van der Waals surface area contributed by atoms with Crippen molar-refractivity contribution in [1.82, 2.24) is 10.3 Å². The van der Waals surface area contributed by atoms with E-state index in [0.29, 0.717) is 12.5 Å². The molecule has 3 nitrogen and oxygen atoms in total. The third kappa shape index (κ3) is 4.88. The van der Waals surface area contributed by atoms with Crippen LogP contribution in [0.2, 0.25) is 0 Å². The van der Waals surface area contributed by atoms with Crippen molar-refractivity contribution < 1.29 is 4.79 Å². The Morgan fingerprint density at radius 2 is 2.00 bits per heavy atom. The van der Waals surface area contributed by atoms with Crippen LogP contribution in [-0.4, -0.2) is 10.9 Å². The SMILES string of the molecule is CC(C)c1ccc(/C=C/C(=O)NCc2cccnc2)cc1. The predicted octanol–water partition coefficient (Wildman–Crippen LogP) is 3.53. The summed E-state index contributed by atoms with van der Waals surface area (Å²) >= 11 is 0. The highest BCUT2D eigenvalue weighted by atomic mass is 16.1. The first-order chi connectivity index (χ1) is 10.1. The summed E-state index contributed by atoms with van der Waals surface area (Å²) in [6.45, 7) is 4.82. The zero-order chi connectivity index (χ0) is 15.1. The van der Waals surface area contributed by atoms with Gasteiger partial charge in [0.15, 0.2) is 0 Å². The van der Waals surface area contributed by atoms with E-state index in [1.165, 1.54) is 5.56 Å². The Hall–Kier alpha value is -2.42. The van der Waals surface area contributed by atoms with Gasteiger partial charge in [-0.3, -0.25) is 9.78 Å². The van der Waals surface area contributed by atoms with Gasteiger partial charge in [-0.15, -0.1) is 0 Å². The number of benzene rings is 1. The maximum atomic E-state index is 11.7.